The maximum absolute atomic E-state index is 5.75. The molecule has 1 aliphatic carbocycles. The largest absolute Gasteiger partial charge is 0.377 e. The molecule has 1 unspecified atom stereocenters. The molecule has 1 aliphatic heterocycles. The zero-order chi connectivity index (χ0) is 13.1. The van der Waals surface area contributed by atoms with Gasteiger partial charge in [-0.15, -0.1) is 11.3 Å². The number of hydrogen-bond donors (Lipinski definition) is 1. The van der Waals surface area contributed by atoms with Crippen LogP contribution in [0.3, 0.4) is 0 Å². The zero-order valence-electron chi connectivity index (χ0n) is 11.6. The first kappa shape index (κ1) is 13.3. The summed E-state index contributed by atoms with van der Waals surface area (Å²) in [6, 6.07) is 0.752. The van der Waals surface area contributed by atoms with Crippen LogP contribution in [0, 0.1) is 0 Å². The Labute approximate surface area is 119 Å². The number of aromatic nitrogens is 1. The Hall–Kier alpha value is -0.650. The Morgan fingerprint density at radius 1 is 1.47 bits per heavy atom. The quantitative estimate of drug-likeness (QED) is 0.869. The lowest BCUT2D eigenvalue weighted by Crippen LogP contribution is -2.39. The SMILES string of the molecule is CCOC1CCCN(c2nc(CNC3CC3)cs2)C1. The smallest absolute Gasteiger partial charge is 0.185 e. The summed E-state index contributed by atoms with van der Waals surface area (Å²) in [5, 5.41) is 6.87. The Balaban J connectivity index is 1.54. The summed E-state index contributed by atoms with van der Waals surface area (Å²) in [4.78, 5) is 7.14. The number of anilines is 1. The third-order valence-electron chi connectivity index (χ3n) is 3.74. The number of thiazole rings is 1. The van der Waals surface area contributed by atoms with Gasteiger partial charge >= 0.3 is 0 Å². The van der Waals surface area contributed by atoms with E-state index >= 15 is 0 Å². The van der Waals surface area contributed by atoms with Gasteiger partial charge in [0.15, 0.2) is 5.13 Å². The van der Waals surface area contributed by atoms with E-state index in [0.29, 0.717) is 6.10 Å². The standard InChI is InChI=1S/C14H23N3OS/c1-2-18-13-4-3-7-17(9-13)14-16-12(10-19-14)8-15-11-5-6-11/h10-11,13,15H,2-9H2,1H3. The molecule has 1 aromatic rings. The number of rotatable bonds is 6. The van der Waals surface area contributed by atoms with Crippen LogP contribution in [0.2, 0.25) is 0 Å². The van der Waals surface area contributed by atoms with Crippen LogP contribution < -0.4 is 10.2 Å². The van der Waals surface area contributed by atoms with Crippen molar-refractivity contribution in [1.82, 2.24) is 10.3 Å². The summed E-state index contributed by atoms with van der Waals surface area (Å²) in [5.41, 5.74) is 1.19. The van der Waals surface area contributed by atoms with Crippen LogP contribution >= 0.6 is 11.3 Å². The van der Waals surface area contributed by atoms with Crippen molar-refractivity contribution in [3.05, 3.63) is 11.1 Å². The highest BCUT2D eigenvalue weighted by atomic mass is 32.1. The van der Waals surface area contributed by atoms with Crippen molar-refractivity contribution >= 4 is 16.5 Å². The van der Waals surface area contributed by atoms with Gasteiger partial charge in [-0.3, -0.25) is 0 Å². The van der Waals surface area contributed by atoms with Gasteiger partial charge in [0, 0.05) is 37.7 Å². The van der Waals surface area contributed by atoms with Gasteiger partial charge in [0.25, 0.3) is 0 Å². The molecule has 2 heterocycles. The molecule has 4 nitrogen and oxygen atoms in total. The number of hydrogen-bond acceptors (Lipinski definition) is 5. The van der Waals surface area contributed by atoms with Gasteiger partial charge in [-0.2, -0.15) is 0 Å². The first-order chi connectivity index (χ1) is 9.35. The van der Waals surface area contributed by atoms with E-state index in [0.717, 1.165) is 37.4 Å². The van der Waals surface area contributed by atoms with Crippen molar-refractivity contribution < 1.29 is 4.74 Å². The average molecular weight is 281 g/mol. The fourth-order valence-electron chi connectivity index (χ4n) is 2.54. The van der Waals surface area contributed by atoms with Crippen LogP contribution in [0.1, 0.15) is 38.3 Å². The van der Waals surface area contributed by atoms with E-state index in [1.165, 1.54) is 31.4 Å². The molecule has 1 saturated heterocycles. The predicted molar refractivity (Wildman–Crippen MR) is 78.8 cm³/mol. The van der Waals surface area contributed by atoms with E-state index in [2.05, 4.69) is 22.5 Å². The highest BCUT2D eigenvalue weighted by Gasteiger charge is 2.23. The van der Waals surface area contributed by atoms with Gasteiger partial charge in [-0.25, -0.2) is 4.98 Å². The molecule has 3 rings (SSSR count). The molecule has 2 fully saturated rings. The van der Waals surface area contributed by atoms with E-state index in [1.807, 2.05) is 0 Å². The first-order valence-electron chi connectivity index (χ1n) is 7.39. The molecule has 1 aromatic heterocycles. The predicted octanol–water partition coefficient (Wildman–Crippen LogP) is 2.40. The van der Waals surface area contributed by atoms with Gasteiger partial charge in [-0.05, 0) is 32.6 Å². The van der Waals surface area contributed by atoms with Crippen molar-refractivity contribution in [1.29, 1.82) is 0 Å². The van der Waals surface area contributed by atoms with E-state index < -0.39 is 0 Å². The Morgan fingerprint density at radius 2 is 2.37 bits per heavy atom. The summed E-state index contributed by atoms with van der Waals surface area (Å²) < 4.78 is 5.75. The second-order valence-corrected chi connectivity index (χ2v) is 6.28. The van der Waals surface area contributed by atoms with Gasteiger partial charge in [-0.1, -0.05) is 0 Å². The lowest BCUT2D eigenvalue weighted by molar-refractivity contribution is 0.0526. The lowest BCUT2D eigenvalue weighted by atomic mass is 10.1. The van der Waals surface area contributed by atoms with E-state index in [1.54, 1.807) is 11.3 Å². The van der Waals surface area contributed by atoms with E-state index in [9.17, 15) is 0 Å². The molecule has 0 aromatic carbocycles. The third-order valence-corrected chi connectivity index (χ3v) is 4.69. The van der Waals surface area contributed by atoms with Crippen LogP contribution in [0.4, 0.5) is 5.13 Å². The Morgan fingerprint density at radius 3 is 3.16 bits per heavy atom. The lowest BCUT2D eigenvalue weighted by Gasteiger charge is -2.32. The monoisotopic (exact) mass is 281 g/mol. The normalized spacial score (nSPS) is 23.8. The summed E-state index contributed by atoms with van der Waals surface area (Å²) in [6.45, 7) is 5.92. The summed E-state index contributed by atoms with van der Waals surface area (Å²) in [6.07, 6.45) is 5.44. The van der Waals surface area contributed by atoms with E-state index in [4.69, 9.17) is 9.72 Å². The zero-order valence-corrected chi connectivity index (χ0v) is 12.4. The summed E-state index contributed by atoms with van der Waals surface area (Å²) >= 11 is 1.77. The second kappa shape index (κ2) is 6.20. The minimum Gasteiger partial charge on any atom is -0.377 e. The first-order valence-corrected chi connectivity index (χ1v) is 8.27. The van der Waals surface area contributed by atoms with Crippen LogP contribution in [0.25, 0.3) is 0 Å². The number of nitrogens with one attached hydrogen (secondary N) is 1. The van der Waals surface area contributed by atoms with Gasteiger partial charge in [0.1, 0.15) is 0 Å². The molecule has 0 amide bonds. The van der Waals surface area contributed by atoms with Crippen LogP contribution in [0.5, 0.6) is 0 Å². The molecule has 1 saturated carbocycles. The van der Waals surface area contributed by atoms with Crippen molar-refractivity contribution in [3.8, 4) is 0 Å². The molecule has 0 spiro atoms. The van der Waals surface area contributed by atoms with Crippen LogP contribution in [-0.2, 0) is 11.3 Å². The Kier molecular flexibility index (Phi) is 4.35. The molecule has 5 heteroatoms. The molecule has 1 N–H and O–H groups in total. The van der Waals surface area contributed by atoms with E-state index in [-0.39, 0.29) is 0 Å². The Bertz CT molecular complexity index is 403. The minimum atomic E-state index is 0.385. The van der Waals surface area contributed by atoms with Crippen molar-refractivity contribution in [2.24, 2.45) is 0 Å². The second-order valence-electron chi connectivity index (χ2n) is 5.44. The number of piperidine rings is 1. The maximum atomic E-state index is 5.75. The van der Waals surface area contributed by atoms with Gasteiger partial charge in [0.05, 0.1) is 11.8 Å². The summed E-state index contributed by atoms with van der Waals surface area (Å²) in [5.74, 6) is 0. The molecule has 0 bridgehead atoms. The average Bonchev–Trinajstić information content (AvgIpc) is 3.14. The van der Waals surface area contributed by atoms with Crippen molar-refractivity contribution in [3.63, 3.8) is 0 Å². The molecule has 106 valence electrons. The highest BCUT2D eigenvalue weighted by Crippen LogP contribution is 2.26. The number of ether oxygens (including phenoxy) is 1. The van der Waals surface area contributed by atoms with Crippen molar-refractivity contribution in [2.75, 3.05) is 24.6 Å². The fourth-order valence-corrected chi connectivity index (χ4v) is 3.41. The molecule has 1 atom stereocenters. The summed E-state index contributed by atoms with van der Waals surface area (Å²) in [7, 11) is 0. The van der Waals surface area contributed by atoms with Gasteiger partial charge in [0.2, 0.25) is 0 Å². The highest BCUT2D eigenvalue weighted by molar-refractivity contribution is 7.13. The molecular formula is C14H23N3OS. The number of nitrogens with zero attached hydrogens (tertiary/aromatic N) is 2. The molecule has 2 aliphatic rings. The third kappa shape index (κ3) is 3.68. The van der Waals surface area contributed by atoms with Crippen LogP contribution in [-0.4, -0.2) is 36.8 Å². The molecule has 19 heavy (non-hydrogen) atoms. The van der Waals surface area contributed by atoms with Crippen molar-refractivity contribution in [2.45, 2.75) is 51.3 Å². The molecular weight excluding hydrogens is 258 g/mol. The van der Waals surface area contributed by atoms with Crippen LogP contribution in [0.15, 0.2) is 5.38 Å². The topological polar surface area (TPSA) is 37.4 Å². The molecule has 0 radical (unpaired) electrons. The van der Waals surface area contributed by atoms with Gasteiger partial charge < -0.3 is 15.0 Å². The maximum Gasteiger partial charge on any atom is 0.185 e. The minimum absolute atomic E-state index is 0.385. The fraction of sp³-hybridized carbons (Fsp3) is 0.786.